The highest BCUT2D eigenvalue weighted by Crippen LogP contribution is 2.20. The molecule has 0 unspecified atom stereocenters. The van der Waals surface area contributed by atoms with Crippen molar-refractivity contribution < 1.29 is 25.3 Å². The zero-order valence-electron chi connectivity index (χ0n) is 9.73. The van der Waals surface area contributed by atoms with Gasteiger partial charge in [-0.1, -0.05) is 0 Å². The maximum Gasteiger partial charge on any atom is 0.247 e. The van der Waals surface area contributed by atoms with Gasteiger partial charge in [0, 0.05) is 17.7 Å². The lowest BCUT2D eigenvalue weighted by atomic mass is 10.5. The summed E-state index contributed by atoms with van der Waals surface area (Å²) in [7, 11) is -11.5. The van der Waals surface area contributed by atoms with Gasteiger partial charge >= 0.3 is 0 Å². The Labute approximate surface area is 115 Å². The Kier molecular flexibility index (Phi) is 4.75. The van der Waals surface area contributed by atoms with Crippen LogP contribution < -0.4 is 9.86 Å². The predicted octanol–water partition coefficient (Wildman–Crippen LogP) is -1.18. The number of nitrogens with two attached hydrogens (primary N) is 1. The molecule has 3 N–H and O–H groups in total. The molecule has 1 aromatic heterocycles. The molecule has 0 amide bonds. The smallest absolute Gasteiger partial charge is 0.228 e. The maximum atomic E-state index is 11.4. The SMILES string of the molecule is CS(=O)(=O)CS(=O)(=O)NCc1ccc(S(N)(=O)=O)s1. The molecule has 0 saturated carbocycles. The van der Waals surface area contributed by atoms with E-state index in [1.165, 1.54) is 12.1 Å². The lowest BCUT2D eigenvalue weighted by Crippen LogP contribution is -2.29. The number of nitrogens with one attached hydrogen (secondary N) is 1. The molecule has 0 radical (unpaired) electrons. The van der Waals surface area contributed by atoms with Gasteiger partial charge in [-0.05, 0) is 12.1 Å². The Morgan fingerprint density at radius 3 is 2.16 bits per heavy atom. The van der Waals surface area contributed by atoms with E-state index in [-0.39, 0.29) is 10.8 Å². The molecule has 0 aliphatic heterocycles. The lowest BCUT2D eigenvalue weighted by molar-refractivity contribution is 0.581. The van der Waals surface area contributed by atoms with Gasteiger partial charge in [-0.2, -0.15) is 0 Å². The maximum absolute atomic E-state index is 11.4. The van der Waals surface area contributed by atoms with E-state index in [0.29, 0.717) is 4.88 Å². The summed E-state index contributed by atoms with van der Waals surface area (Å²) in [6.45, 7) is -0.196. The van der Waals surface area contributed by atoms with E-state index in [4.69, 9.17) is 5.14 Å². The highest BCUT2D eigenvalue weighted by Gasteiger charge is 2.18. The number of thiophene rings is 1. The molecule has 0 bridgehead atoms. The minimum absolute atomic E-state index is 0.0928. The predicted molar refractivity (Wildman–Crippen MR) is 71.2 cm³/mol. The van der Waals surface area contributed by atoms with E-state index >= 15 is 0 Å². The summed E-state index contributed by atoms with van der Waals surface area (Å²) in [5.74, 6) is 0. The normalized spacial score (nSPS) is 13.6. The molecule has 0 fully saturated rings. The molecule has 1 aromatic rings. The number of sulfone groups is 1. The molecule has 12 heteroatoms. The van der Waals surface area contributed by atoms with Crippen LogP contribution in [0.1, 0.15) is 4.88 Å². The van der Waals surface area contributed by atoms with Gasteiger partial charge in [0.05, 0.1) is 0 Å². The molecule has 0 atom stereocenters. The van der Waals surface area contributed by atoms with Crippen molar-refractivity contribution in [1.82, 2.24) is 4.72 Å². The Balaban J connectivity index is 2.76. The van der Waals surface area contributed by atoms with E-state index in [1.54, 1.807) is 0 Å². The van der Waals surface area contributed by atoms with Crippen LogP contribution in [0.5, 0.6) is 0 Å². The molecule has 1 rings (SSSR count). The summed E-state index contributed by atoms with van der Waals surface area (Å²) in [6.07, 6.45) is 0.802. The molecule has 19 heavy (non-hydrogen) atoms. The van der Waals surface area contributed by atoms with E-state index < -0.39 is 35.0 Å². The van der Waals surface area contributed by atoms with E-state index in [9.17, 15) is 25.3 Å². The van der Waals surface area contributed by atoms with Crippen LogP contribution in [-0.2, 0) is 36.4 Å². The van der Waals surface area contributed by atoms with Crippen LogP contribution in [-0.4, -0.2) is 36.6 Å². The quantitative estimate of drug-likeness (QED) is 0.663. The fourth-order valence-electron chi connectivity index (χ4n) is 1.11. The number of hydrogen-bond donors (Lipinski definition) is 2. The molecule has 110 valence electrons. The second-order valence-electron chi connectivity index (χ2n) is 3.75. The molecule has 0 spiro atoms. The van der Waals surface area contributed by atoms with E-state index in [2.05, 4.69) is 4.72 Å². The Morgan fingerprint density at radius 2 is 1.74 bits per heavy atom. The van der Waals surface area contributed by atoms with Crippen LogP contribution >= 0.6 is 11.3 Å². The van der Waals surface area contributed by atoms with Crippen molar-refractivity contribution >= 4 is 41.2 Å². The van der Waals surface area contributed by atoms with Crippen molar-refractivity contribution in [3.63, 3.8) is 0 Å². The Morgan fingerprint density at radius 1 is 1.16 bits per heavy atom. The lowest BCUT2D eigenvalue weighted by Gasteiger charge is -2.03. The third-order valence-corrected chi connectivity index (χ3v) is 7.81. The van der Waals surface area contributed by atoms with Crippen LogP contribution in [0, 0.1) is 0 Å². The van der Waals surface area contributed by atoms with Crippen molar-refractivity contribution in [2.45, 2.75) is 10.8 Å². The molecule has 0 aliphatic carbocycles. The summed E-state index contributed by atoms with van der Waals surface area (Å²) in [6, 6.07) is 2.65. The Hall–Kier alpha value is -0.530. The van der Waals surface area contributed by atoms with Crippen molar-refractivity contribution in [3.8, 4) is 0 Å². The minimum atomic E-state index is -3.98. The molecule has 8 nitrogen and oxygen atoms in total. The van der Waals surface area contributed by atoms with Crippen LogP contribution in [0.25, 0.3) is 0 Å². The van der Waals surface area contributed by atoms with Crippen LogP contribution in [0.2, 0.25) is 0 Å². The average Bonchev–Trinajstić information content (AvgIpc) is 2.58. The van der Waals surface area contributed by atoms with Gasteiger partial charge in [-0.25, -0.2) is 35.1 Å². The average molecular weight is 348 g/mol. The van der Waals surface area contributed by atoms with Gasteiger partial charge in [0.25, 0.3) is 0 Å². The number of primary sulfonamides is 1. The topological polar surface area (TPSA) is 140 Å². The van der Waals surface area contributed by atoms with Crippen LogP contribution in [0.4, 0.5) is 0 Å². The molecular formula is C7H12N2O6S4. The minimum Gasteiger partial charge on any atom is -0.228 e. The first-order valence-electron chi connectivity index (χ1n) is 4.66. The van der Waals surface area contributed by atoms with Crippen LogP contribution in [0.3, 0.4) is 0 Å². The number of hydrogen-bond acceptors (Lipinski definition) is 7. The first kappa shape index (κ1) is 16.5. The first-order chi connectivity index (χ1) is 8.39. The zero-order valence-corrected chi connectivity index (χ0v) is 13.0. The molecular weight excluding hydrogens is 336 g/mol. The highest BCUT2D eigenvalue weighted by molar-refractivity contribution is 8.06. The van der Waals surface area contributed by atoms with Crippen molar-refractivity contribution in [2.75, 3.05) is 11.3 Å². The third kappa shape index (κ3) is 5.97. The van der Waals surface area contributed by atoms with Crippen molar-refractivity contribution in [1.29, 1.82) is 0 Å². The highest BCUT2D eigenvalue weighted by atomic mass is 32.3. The molecule has 0 aromatic carbocycles. The van der Waals surface area contributed by atoms with Crippen LogP contribution in [0.15, 0.2) is 16.3 Å². The first-order valence-corrected chi connectivity index (χ1v) is 10.7. The molecule has 1 heterocycles. The summed E-state index contributed by atoms with van der Waals surface area (Å²) in [5.41, 5.74) is 0. The third-order valence-electron chi connectivity index (χ3n) is 1.75. The Bertz CT molecular complexity index is 758. The summed E-state index contributed by atoms with van der Waals surface area (Å²) in [5, 5.41) is 3.88. The van der Waals surface area contributed by atoms with Crippen molar-refractivity contribution in [2.24, 2.45) is 5.14 Å². The van der Waals surface area contributed by atoms with Gasteiger partial charge < -0.3 is 0 Å². The van der Waals surface area contributed by atoms with Gasteiger partial charge in [-0.3, -0.25) is 0 Å². The fourth-order valence-corrected chi connectivity index (χ4v) is 5.88. The van der Waals surface area contributed by atoms with Gasteiger partial charge in [0.2, 0.25) is 20.0 Å². The van der Waals surface area contributed by atoms with Gasteiger partial charge in [0.1, 0.15) is 4.21 Å². The number of rotatable bonds is 6. The summed E-state index contributed by atoms with van der Waals surface area (Å²) in [4.78, 5) is 0.404. The molecule has 0 aliphatic rings. The fraction of sp³-hybridized carbons (Fsp3) is 0.429. The van der Waals surface area contributed by atoms with Gasteiger partial charge in [-0.15, -0.1) is 11.3 Å². The second-order valence-corrected chi connectivity index (χ2v) is 11.0. The van der Waals surface area contributed by atoms with Gasteiger partial charge in [0.15, 0.2) is 14.9 Å². The zero-order chi connectivity index (χ0) is 14.9. The summed E-state index contributed by atoms with van der Waals surface area (Å²) < 4.78 is 68.5. The van der Waals surface area contributed by atoms with Crippen molar-refractivity contribution in [3.05, 3.63) is 17.0 Å². The number of sulfonamides is 2. The second kappa shape index (κ2) is 5.46. The summed E-state index contributed by atoms with van der Waals surface area (Å²) >= 11 is 0.809. The molecule has 0 saturated heterocycles. The monoisotopic (exact) mass is 348 g/mol. The largest absolute Gasteiger partial charge is 0.247 e. The standard InChI is InChI=1S/C7H12N2O6S4/c1-17(10,11)5-18(12,13)9-4-6-2-3-7(16-6)19(8,14)15/h2-3,9H,4-5H2,1H3,(H2,8,14,15). The van der Waals surface area contributed by atoms with E-state index in [0.717, 1.165) is 17.6 Å². The van der Waals surface area contributed by atoms with E-state index in [1.807, 2.05) is 0 Å².